The number of benzene rings is 2. The number of amides is 1. The van der Waals surface area contributed by atoms with E-state index in [1.54, 1.807) is 11.0 Å². The quantitative estimate of drug-likeness (QED) is 0.449. The van der Waals surface area contributed by atoms with Gasteiger partial charge in [0.15, 0.2) is 9.84 Å². The zero-order valence-electron chi connectivity index (χ0n) is 22.8. The van der Waals surface area contributed by atoms with E-state index in [1.807, 2.05) is 20.8 Å². The number of piperazine rings is 1. The molecule has 40 heavy (non-hydrogen) atoms. The normalized spacial score (nSPS) is 15.0. The molecule has 4 rings (SSSR count). The number of nitrogens with one attached hydrogen (secondary N) is 1. The SMILES string of the molecule is CCS(=O)(=O)c1ccc(Cl)cc1Cn1c(=O)[nH]c2cc(CN3CCN(C(=O)OC(C)(C)C)CC3)c(Cl)cc2c1=O. The fraction of sp³-hybridized carbons (Fsp3) is 0.444. The van der Waals surface area contributed by atoms with Gasteiger partial charge in [0.1, 0.15) is 5.60 Å². The Bertz CT molecular complexity index is 1670. The number of H-pyrrole nitrogens is 1. The average molecular weight is 612 g/mol. The first-order valence-corrected chi connectivity index (χ1v) is 15.3. The molecule has 1 N–H and O–H groups in total. The third-order valence-electron chi connectivity index (χ3n) is 6.63. The van der Waals surface area contributed by atoms with Crippen molar-refractivity contribution in [3.63, 3.8) is 0 Å². The minimum atomic E-state index is -3.62. The molecule has 1 aliphatic heterocycles. The first kappa shape index (κ1) is 30.1. The second-order valence-corrected chi connectivity index (χ2v) is 13.8. The summed E-state index contributed by atoms with van der Waals surface area (Å²) in [5.74, 6) is -0.140. The lowest BCUT2D eigenvalue weighted by Gasteiger charge is -2.35. The van der Waals surface area contributed by atoms with E-state index in [1.165, 1.54) is 31.2 Å². The van der Waals surface area contributed by atoms with Crippen molar-refractivity contribution in [3.8, 4) is 0 Å². The van der Waals surface area contributed by atoms with Crippen LogP contribution in [0.5, 0.6) is 0 Å². The van der Waals surface area contributed by atoms with Crippen LogP contribution in [0, 0.1) is 0 Å². The molecular weight excluding hydrogens is 579 g/mol. The predicted octanol–water partition coefficient (Wildman–Crippen LogP) is 3.89. The van der Waals surface area contributed by atoms with Gasteiger partial charge in [-0.25, -0.2) is 18.0 Å². The van der Waals surface area contributed by atoms with Crippen LogP contribution in [0.15, 0.2) is 44.8 Å². The lowest BCUT2D eigenvalue weighted by molar-refractivity contribution is 0.0139. The Morgan fingerprint density at radius 3 is 2.30 bits per heavy atom. The van der Waals surface area contributed by atoms with E-state index in [4.69, 9.17) is 27.9 Å². The van der Waals surface area contributed by atoms with Crippen LogP contribution < -0.4 is 11.2 Å². The maximum absolute atomic E-state index is 13.4. The maximum atomic E-state index is 13.4. The van der Waals surface area contributed by atoms with Gasteiger partial charge in [-0.1, -0.05) is 30.1 Å². The number of hydrogen-bond acceptors (Lipinski definition) is 7. The van der Waals surface area contributed by atoms with Gasteiger partial charge in [-0.05, 0) is 62.2 Å². The fourth-order valence-corrected chi connectivity index (χ4v) is 6.07. The molecule has 1 saturated heterocycles. The molecule has 0 bridgehead atoms. The average Bonchev–Trinajstić information content (AvgIpc) is 2.87. The van der Waals surface area contributed by atoms with Gasteiger partial charge in [-0.15, -0.1) is 0 Å². The lowest BCUT2D eigenvalue weighted by Crippen LogP contribution is -2.49. The summed E-state index contributed by atoms with van der Waals surface area (Å²) in [6.45, 7) is 9.39. The van der Waals surface area contributed by atoms with Crippen LogP contribution in [0.4, 0.5) is 4.79 Å². The van der Waals surface area contributed by atoms with Crippen LogP contribution >= 0.6 is 23.2 Å². The van der Waals surface area contributed by atoms with Gasteiger partial charge in [0, 0.05) is 42.8 Å². The minimum Gasteiger partial charge on any atom is -0.444 e. The van der Waals surface area contributed by atoms with E-state index in [9.17, 15) is 22.8 Å². The first-order valence-electron chi connectivity index (χ1n) is 12.8. The van der Waals surface area contributed by atoms with Crippen molar-refractivity contribution in [2.45, 2.75) is 51.3 Å². The number of hydrogen-bond donors (Lipinski definition) is 1. The molecule has 2 aromatic carbocycles. The molecule has 0 spiro atoms. The Labute approximate surface area is 242 Å². The zero-order valence-corrected chi connectivity index (χ0v) is 25.1. The zero-order chi connectivity index (χ0) is 29.4. The number of aromatic amines is 1. The molecule has 1 fully saturated rings. The van der Waals surface area contributed by atoms with Crippen molar-refractivity contribution < 1.29 is 17.9 Å². The molecule has 216 valence electrons. The number of aromatic nitrogens is 2. The van der Waals surface area contributed by atoms with E-state index in [0.29, 0.717) is 43.3 Å². The number of sulfone groups is 1. The van der Waals surface area contributed by atoms with Crippen LogP contribution in [0.25, 0.3) is 10.9 Å². The first-order chi connectivity index (χ1) is 18.7. The van der Waals surface area contributed by atoms with Crippen LogP contribution in [-0.4, -0.2) is 71.4 Å². The summed E-state index contributed by atoms with van der Waals surface area (Å²) in [6.07, 6.45) is -0.345. The molecule has 1 aliphatic rings. The summed E-state index contributed by atoms with van der Waals surface area (Å²) in [4.78, 5) is 45.2. The Morgan fingerprint density at radius 2 is 1.68 bits per heavy atom. The highest BCUT2D eigenvalue weighted by molar-refractivity contribution is 7.91. The molecule has 0 radical (unpaired) electrons. The Balaban J connectivity index is 1.58. The van der Waals surface area contributed by atoms with Gasteiger partial charge >= 0.3 is 11.8 Å². The van der Waals surface area contributed by atoms with Crippen molar-refractivity contribution in [2.24, 2.45) is 0 Å². The molecule has 2 heterocycles. The highest BCUT2D eigenvalue weighted by atomic mass is 35.5. The molecule has 13 heteroatoms. The van der Waals surface area contributed by atoms with Gasteiger partial charge in [-0.3, -0.25) is 14.3 Å². The largest absolute Gasteiger partial charge is 0.444 e. The Kier molecular flexibility index (Phi) is 8.70. The standard InChI is InChI=1S/C27H32Cl2N4O6S/c1-5-40(37,38)23-7-6-19(28)12-18(23)16-33-24(34)20-14-21(29)17(13-22(20)30-25(33)35)15-31-8-10-32(11-9-31)26(36)39-27(2,3)4/h6-7,12-14H,5,8-11,15-16H2,1-4H3,(H,30,35). The number of halogens is 2. The van der Waals surface area contributed by atoms with Gasteiger partial charge in [0.05, 0.1) is 28.1 Å². The predicted molar refractivity (Wildman–Crippen MR) is 155 cm³/mol. The third kappa shape index (κ3) is 6.71. The second kappa shape index (κ2) is 11.6. The molecule has 0 atom stereocenters. The van der Waals surface area contributed by atoms with E-state index < -0.39 is 26.7 Å². The Morgan fingerprint density at radius 1 is 1.00 bits per heavy atom. The number of carbonyl (C=O) groups excluding carboxylic acids is 1. The van der Waals surface area contributed by atoms with E-state index in [2.05, 4.69) is 9.88 Å². The van der Waals surface area contributed by atoms with Crippen molar-refractivity contribution in [2.75, 3.05) is 31.9 Å². The molecule has 10 nitrogen and oxygen atoms in total. The van der Waals surface area contributed by atoms with Crippen molar-refractivity contribution in [3.05, 3.63) is 72.3 Å². The van der Waals surface area contributed by atoms with Crippen LogP contribution in [0.3, 0.4) is 0 Å². The minimum absolute atomic E-state index is 0.0194. The van der Waals surface area contributed by atoms with Crippen LogP contribution in [0.2, 0.25) is 10.0 Å². The highest BCUT2D eigenvalue weighted by Gasteiger charge is 2.26. The van der Waals surface area contributed by atoms with Crippen LogP contribution in [0.1, 0.15) is 38.8 Å². The van der Waals surface area contributed by atoms with Crippen molar-refractivity contribution in [1.82, 2.24) is 19.4 Å². The number of ether oxygens (including phenoxy) is 1. The molecule has 3 aromatic rings. The molecule has 1 aromatic heterocycles. The topological polar surface area (TPSA) is 122 Å². The van der Waals surface area contributed by atoms with Gasteiger partial charge in [0.25, 0.3) is 5.56 Å². The molecule has 0 unspecified atom stereocenters. The molecule has 1 amide bonds. The number of rotatable bonds is 6. The summed E-state index contributed by atoms with van der Waals surface area (Å²) in [6, 6.07) is 7.47. The number of carbonyl (C=O) groups is 1. The van der Waals surface area contributed by atoms with E-state index in [-0.39, 0.29) is 39.3 Å². The lowest BCUT2D eigenvalue weighted by atomic mass is 10.1. The fourth-order valence-electron chi connectivity index (χ4n) is 4.54. The van der Waals surface area contributed by atoms with Crippen LogP contribution in [-0.2, 0) is 27.7 Å². The van der Waals surface area contributed by atoms with Gasteiger partial charge < -0.3 is 14.6 Å². The summed E-state index contributed by atoms with van der Waals surface area (Å²) in [5.41, 5.74) is -0.556. The summed E-state index contributed by atoms with van der Waals surface area (Å²) in [7, 11) is -3.62. The molecular formula is C27H32Cl2N4O6S. The van der Waals surface area contributed by atoms with Gasteiger partial charge in [-0.2, -0.15) is 0 Å². The van der Waals surface area contributed by atoms with E-state index in [0.717, 1.165) is 10.1 Å². The monoisotopic (exact) mass is 610 g/mol. The van der Waals surface area contributed by atoms with Gasteiger partial charge in [0.2, 0.25) is 0 Å². The van der Waals surface area contributed by atoms with Crippen molar-refractivity contribution in [1.29, 1.82) is 0 Å². The van der Waals surface area contributed by atoms with E-state index >= 15 is 0 Å². The third-order valence-corrected chi connectivity index (χ3v) is 9.05. The number of fused-ring (bicyclic) bond motifs is 1. The second-order valence-electron chi connectivity index (χ2n) is 10.7. The maximum Gasteiger partial charge on any atom is 0.410 e. The summed E-state index contributed by atoms with van der Waals surface area (Å²) >= 11 is 12.7. The highest BCUT2D eigenvalue weighted by Crippen LogP contribution is 2.25. The molecule has 0 aliphatic carbocycles. The van der Waals surface area contributed by atoms with Crippen molar-refractivity contribution >= 4 is 50.0 Å². The number of nitrogens with zero attached hydrogens (tertiary/aromatic N) is 3. The smallest absolute Gasteiger partial charge is 0.410 e. The molecule has 0 saturated carbocycles. The summed E-state index contributed by atoms with van der Waals surface area (Å²) < 4.78 is 31.6. The Hall–Kier alpha value is -2.86. The summed E-state index contributed by atoms with van der Waals surface area (Å²) in [5, 5.41) is 0.842.